The van der Waals surface area contributed by atoms with Gasteiger partial charge in [-0.05, 0) is 32.2 Å². The Bertz CT molecular complexity index is 195. The van der Waals surface area contributed by atoms with Gasteiger partial charge in [0.2, 0.25) is 0 Å². The molecule has 0 heterocycles. The zero-order valence-electron chi connectivity index (χ0n) is 11.5. The lowest BCUT2D eigenvalue weighted by atomic mass is 9.73. The molecule has 0 aromatic carbocycles. The fourth-order valence-corrected chi connectivity index (χ4v) is 3.27. The number of hydrogen-bond acceptors (Lipinski definition) is 2. The van der Waals surface area contributed by atoms with E-state index >= 15 is 0 Å². The van der Waals surface area contributed by atoms with Crippen molar-refractivity contribution in [3.63, 3.8) is 0 Å². The predicted octanol–water partition coefficient (Wildman–Crippen LogP) is 3.36. The highest BCUT2D eigenvalue weighted by Gasteiger charge is 2.40. The zero-order valence-corrected chi connectivity index (χ0v) is 11.5. The SMILES string of the molecule is CCCCC(NC)C1(OC)CCCC(C)C1. The molecule has 2 heteroatoms. The number of rotatable bonds is 6. The highest BCUT2D eigenvalue weighted by Crippen LogP contribution is 2.38. The van der Waals surface area contributed by atoms with E-state index in [1.54, 1.807) is 0 Å². The lowest BCUT2D eigenvalue weighted by Crippen LogP contribution is -2.53. The summed E-state index contributed by atoms with van der Waals surface area (Å²) in [5.74, 6) is 0.811. The minimum Gasteiger partial charge on any atom is -0.377 e. The minimum atomic E-state index is 0.0988. The quantitative estimate of drug-likeness (QED) is 0.751. The van der Waals surface area contributed by atoms with Crippen LogP contribution in [0, 0.1) is 5.92 Å². The summed E-state index contributed by atoms with van der Waals surface area (Å²) in [7, 11) is 3.98. The average molecular weight is 227 g/mol. The molecule has 0 saturated heterocycles. The number of ether oxygens (including phenoxy) is 1. The lowest BCUT2D eigenvalue weighted by molar-refractivity contribution is -0.0797. The fraction of sp³-hybridized carbons (Fsp3) is 1.00. The van der Waals surface area contributed by atoms with Crippen LogP contribution in [0.15, 0.2) is 0 Å². The molecule has 0 spiro atoms. The Balaban J connectivity index is 2.66. The summed E-state index contributed by atoms with van der Waals surface area (Å²) >= 11 is 0. The van der Waals surface area contributed by atoms with Gasteiger partial charge in [-0.25, -0.2) is 0 Å². The molecule has 3 unspecified atom stereocenters. The maximum atomic E-state index is 5.94. The topological polar surface area (TPSA) is 21.3 Å². The van der Waals surface area contributed by atoms with Crippen molar-refractivity contribution in [2.45, 2.75) is 70.4 Å². The van der Waals surface area contributed by atoms with Crippen molar-refractivity contribution >= 4 is 0 Å². The van der Waals surface area contributed by atoms with Crippen LogP contribution in [0.1, 0.15) is 58.8 Å². The minimum absolute atomic E-state index is 0.0988. The van der Waals surface area contributed by atoms with Gasteiger partial charge < -0.3 is 10.1 Å². The summed E-state index contributed by atoms with van der Waals surface area (Å²) in [6.07, 6.45) is 8.95. The molecule has 1 aliphatic carbocycles. The Kier molecular flexibility index (Phi) is 5.77. The third-order valence-electron chi connectivity index (χ3n) is 4.23. The van der Waals surface area contributed by atoms with Crippen molar-refractivity contribution < 1.29 is 4.74 Å². The standard InChI is InChI=1S/C14H29NO/c1-5-6-9-13(15-3)14(16-4)10-7-8-12(2)11-14/h12-13,15H,5-11H2,1-4H3. The molecule has 0 radical (unpaired) electrons. The van der Waals surface area contributed by atoms with Crippen molar-refractivity contribution in [1.82, 2.24) is 5.32 Å². The third-order valence-corrected chi connectivity index (χ3v) is 4.23. The van der Waals surface area contributed by atoms with E-state index in [1.165, 1.54) is 44.9 Å². The molecule has 3 atom stereocenters. The lowest BCUT2D eigenvalue weighted by Gasteiger charge is -2.44. The summed E-state index contributed by atoms with van der Waals surface area (Å²) < 4.78 is 5.94. The highest BCUT2D eigenvalue weighted by atomic mass is 16.5. The van der Waals surface area contributed by atoms with Crippen molar-refractivity contribution in [3.05, 3.63) is 0 Å². The predicted molar refractivity (Wildman–Crippen MR) is 69.7 cm³/mol. The van der Waals surface area contributed by atoms with Gasteiger partial charge in [0.25, 0.3) is 0 Å². The van der Waals surface area contributed by atoms with E-state index in [0.717, 1.165) is 5.92 Å². The van der Waals surface area contributed by atoms with E-state index in [4.69, 9.17) is 4.74 Å². The van der Waals surface area contributed by atoms with Gasteiger partial charge in [-0.15, -0.1) is 0 Å². The van der Waals surface area contributed by atoms with Gasteiger partial charge in [-0.3, -0.25) is 0 Å². The number of methoxy groups -OCH3 is 1. The molecular formula is C14H29NO. The van der Waals surface area contributed by atoms with Crippen LogP contribution in [-0.4, -0.2) is 25.8 Å². The van der Waals surface area contributed by atoms with Crippen LogP contribution in [0.4, 0.5) is 0 Å². The Morgan fingerprint density at radius 1 is 1.50 bits per heavy atom. The van der Waals surface area contributed by atoms with Gasteiger partial charge in [0, 0.05) is 13.2 Å². The molecule has 0 aliphatic heterocycles. The second kappa shape index (κ2) is 6.61. The van der Waals surface area contributed by atoms with Gasteiger partial charge in [0.15, 0.2) is 0 Å². The first kappa shape index (κ1) is 14.0. The Morgan fingerprint density at radius 2 is 2.25 bits per heavy atom. The van der Waals surface area contributed by atoms with Crippen LogP contribution in [-0.2, 0) is 4.74 Å². The number of hydrogen-bond donors (Lipinski definition) is 1. The van der Waals surface area contributed by atoms with E-state index in [1.807, 2.05) is 7.11 Å². The first-order chi connectivity index (χ1) is 7.68. The number of nitrogens with one attached hydrogen (secondary N) is 1. The third kappa shape index (κ3) is 3.21. The fourth-order valence-electron chi connectivity index (χ4n) is 3.27. The van der Waals surface area contributed by atoms with Crippen molar-refractivity contribution in [1.29, 1.82) is 0 Å². The summed E-state index contributed by atoms with van der Waals surface area (Å²) in [5.41, 5.74) is 0.0988. The second-order valence-electron chi connectivity index (χ2n) is 5.45. The summed E-state index contributed by atoms with van der Waals surface area (Å²) in [6.45, 7) is 4.62. The van der Waals surface area contributed by atoms with Crippen molar-refractivity contribution in [2.24, 2.45) is 5.92 Å². The molecule has 1 fully saturated rings. The van der Waals surface area contributed by atoms with Crippen LogP contribution >= 0.6 is 0 Å². The second-order valence-corrected chi connectivity index (χ2v) is 5.45. The maximum absolute atomic E-state index is 5.94. The molecule has 0 bridgehead atoms. The molecule has 1 saturated carbocycles. The molecule has 1 rings (SSSR count). The average Bonchev–Trinajstić information content (AvgIpc) is 2.30. The van der Waals surface area contributed by atoms with Crippen LogP contribution in [0.2, 0.25) is 0 Å². The molecule has 0 aromatic heterocycles. The molecule has 16 heavy (non-hydrogen) atoms. The monoisotopic (exact) mass is 227 g/mol. The van der Waals surface area contributed by atoms with E-state index in [-0.39, 0.29) is 5.60 Å². The molecule has 0 aromatic rings. The summed E-state index contributed by atoms with van der Waals surface area (Å²) in [6, 6.07) is 0.528. The first-order valence-corrected chi connectivity index (χ1v) is 6.91. The molecule has 1 aliphatic rings. The number of unbranched alkanes of at least 4 members (excludes halogenated alkanes) is 1. The normalized spacial score (nSPS) is 32.6. The molecular weight excluding hydrogens is 198 g/mol. The van der Waals surface area contributed by atoms with Gasteiger partial charge in [-0.1, -0.05) is 39.5 Å². The van der Waals surface area contributed by atoms with Crippen LogP contribution in [0.5, 0.6) is 0 Å². The van der Waals surface area contributed by atoms with Gasteiger partial charge in [0.1, 0.15) is 0 Å². The van der Waals surface area contributed by atoms with Crippen LogP contribution in [0.3, 0.4) is 0 Å². The summed E-state index contributed by atoms with van der Waals surface area (Å²) in [5, 5.41) is 3.49. The van der Waals surface area contributed by atoms with Crippen molar-refractivity contribution in [2.75, 3.05) is 14.2 Å². The Morgan fingerprint density at radius 3 is 2.75 bits per heavy atom. The van der Waals surface area contributed by atoms with Crippen LogP contribution in [0.25, 0.3) is 0 Å². The molecule has 96 valence electrons. The largest absolute Gasteiger partial charge is 0.377 e. The van der Waals surface area contributed by atoms with E-state index in [9.17, 15) is 0 Å². The van der Waals surface area contributed by atoms with E-state index in [0.29, 0.717) is 6.04 Å². The van der Waals surface area contributed by atoms with Gasteiger partial charge in [0.05, 0.1) is 5.60 Å². The maximum Gasteiger partial charge on any atom is 0.0833 e. The zero-order chi connectivity index (χ0) is 12.0. The molecule has 1 N–H and O–H groups in total. The molecule has 2 nitrogen and oxygen atoms in total. The van der Waals surface area contributed by atoms with E-state index < -0.39 is 0 Å². The molecule has 0 amide bonds. The van der Waals surface area contributed by atoms with E-state index in [2.05, 4.69) is 26.2 Å². The van der Waals surface area contributed by atoms with Gasteiger partial charge in [-0.2, -0.15) is 0 Å². The number of likely N-dealkylation sites (N-methyl/N-ethyl adjacent to an activating group) is 1. The Labute approximate surface area is 101 Å². The first-order valence-electron chi connectivity index (χ1n) is 6.91. The smallest absolute Gasteiger partial charge is 0.0833 e. The Hall–Kier alpha value is -0.0800. The van der Waals surface area contributed by atoms with Crippen LogP contribution < -0.4 is 5.32 Å². The van der Waals surface area contributed by atoms with Gasteiger partial charge >= 0.3 is 0 Å². The van der Waals surface area contributed by atoms with Crippen molar-refractivity contribution in [3.8, 4) is 0 Å². The highest BCUT2D eigenvalue weighted by molar-refractivity contribution is 4.96. The summed E-state index contributed by atoms with van der Waals surface area (Å²) in [4.78, 5) is 0.